The van der Waals surface area contributed by atoms with Crippen LogP contribution in [0, 0.1) is 0 Å². The van der Waals surface area contributed by atoms with Gasteiger partial charge in [0, 0.05) is 26.6 Å². The molecule has 0 aliphatic carbocycles. The number of carbonyl (C=O) groups is 1. The summed E-state index contributed by atoms with van der Waals surface area (Å²) >= 11 is 1.29. The van der Waals surface area contributed by atoms with Crippen LogP contribution >= 0.6 is 11.8 Å². The Morgan fingerprint density at radius 2 is 2.17 bits per heavy atom. The van der Waals surface area contributed by atoms with E-state index >= 15 is 0 Å². The molecule has 1 aliphatic heterocycles. The van der Waals surface area contributed by atoms with Crippen LogP contribution < -0.4 is 0 Å². The second-order valence-electron chi connectivity index (χ2n) is 4.36. The minimum Gasteiger partial charge on any atom is -0.391 e. The van der Waals surface area contributed by atoms with Crippen molar-refractivity contribution in [3.8, 4) is 0 Å². The van der Waals surface area contributed by atoms with Gasteiger partial charge in [-0.05, 0) is 0 Å². The van der Waals surface area contributed by atoms with Crippen molar-refractivity contribution < 1.29 is 15.0 Å². The van der Waals surface area contributed by atoms with Gasteiger partial charge in [0.2, 0.25) is 5.91 Å². The molecule has 0 unspecified atom stereocenters. The first-order valence-corrected chi connectivity index (χ1v) is 6.65. The predicted molar refractivity (Wildman–Crippen MR) is 64.9 cm³/mol. The third-order valence-corrected chi connectivity index (χ3v) is 3.77. The highest BCUT2D eigenvalue weighted by Gasteiger charge is 2.27. The molecule has 0 spiro atoms. The van der Waals surface area contributed by atoms with Crippen molar-refractivity contribution in [2.45, 2.75) is 23.8 Å². The number of hydrogen-bond acceptors (Lipinski definition) is 6. The Balaban J connectivity index is 1.86. The van der Waals surface area contributed by atoms with Crippen LogP contribution in [0.4, 0.5) is 0 Å². The Labute approximate surface area is 109 Å². The third-order valence-electron chi connectivity index (χ3n) is 2.75. The molecule has 2 rings (SSSR count). The molecule has 1 aliphatic rings. The SMILES string of the molecule is Cn1cnnc1SCC(=O)N1C[C@H](O)C[C@@H](O)C1. The van der Waals surface area contributed by atoms with E-state index in [9.17, 15) is 15.0 Å². The first kappa shape index (κ1) is 13.3. The maximum absolute atomic E-state index is 11.9. The number of likely N-dealkylation sites (tertiary alicyclic amines) is 1. The molecule has 1 aromatic rings. The zero-order valence-corrected chi connectivity index (χ0v) is 10.9. The molecule has 0 saturated carbocycles. The molecule has 1 amide bonds. The Morgan fingerprint density at radius 3 is 2.72 bits per heavy atom. The second-order valence-corrected chi connectivity index (χ2v) is 5.30. The number of carbonyl (C=O) groups excluding carboxylic acids is 1. The van der Waals surface area contributed by atoms with E-state index in [1.54, 1.807) is 17.9 Å². The van der Waals surface area contributed by atoms with Gasteiger partial charge in [-0.25, -0.2) is 0 Å². The number of amides is 1. The van der Waals surface area contributed by atoms with Crippen molar-refractivity contribution in [2.24, 2.45) is 7.05 Å². The monoisotopic (exact) mass is 272 g/mol. The van der Waals surface area contributed by atoms with Gasteiger partial charge in [0.05, 0.1) is 18.0 Å². The van der Waals surface area contributed by atoms with E-state index in [1.807, 2.05) is 0 Å². The van der Waals surface area contributed by atoms with Crippen molar-refractivity contribution in [3.05, 3.63) is 6.33 Å². The zero-order valence-electron chi connectivity index (χ0n) is 10.1. The fraction of sp³-hybridized carbons (Fsp3) is 0.700. The zero-order chi connectivity index (χ0) is 13.1. The molecule has 1 fully saturated rings. The van der Waals surface area contributed by atoms with Crippen LogP contribution in [-0.4, -0.2) is 66.8 Å². The molecule has 0 bridgehead atoms. The molecule has 2 atom stereocenters. The first-order chi connectivity index (χ1) is 8.56. The Bertz CT molecular complexity index is 415. The summed E-state index contributed by atoms with van der Waals surface area (Å²) in [7, 11) is 1.81. The summed E-state index contributed by atoms with van der Waals surface area (Å²) < 4.78 is 1.73. The first-order valence-electron chi connectivity index (χ1n) is 5.67. The minimum atomic E-state index is -0.641. The standard InChI is InChI=1S/C10H16N4O3S/c1-13-6-11-12-10(13)18-5-9(17)14-3-7(15)2-8(16)4-14/h6-8,15-16H,2-5H2,1H3/t7-,8-/m1/s1. The summed E-state index contributed by atoms with van der Waals surface area (Å²) in [5, 5.41) is 27.3. The average Bonchev–Trinajstić information content (AvgIpc) is 2.70. The van der Waals surface area contributed by atoms with Gasteiger partial charge < -0.3 is 19.7 Å². The van der Waals surface area contributed by atoms with E-state index in [1.165, 1.54) is 16.7 Å². The van der Waals surface area contributed by atoms with Gasteiger partial charge in [0.15, 0.2) is 5.16 Å². The largest absolute Gasteiger partial charge is 0.391 e. The number of piperidine rings is 1. The molecule has 0 radical (unpaired) electrons. The summed E-state index contributed by atoms with van der Waals surface area (Å²) in [6.07, 6.45) is 0.622. The number of rotatable bonds is 3. The molecule has 1 saturated heterocycles. The third kappa shape index (κ3) is 3.21. The highest BCUT2D eigenvalue weighted by atomic mass is 32.2. The molecule has 0 aromatic carbocycles. The Kier molecular flexibility index (Phi) is 4.20. The van der Waals surface area contributed by atoms with Crippen molar-refractivity contribution in [1.82, 2.24) is 19.7 Å². The number of aliphatic hydroxyl groups is 2. The molecule has 7 nitrogen and oxygen atoms in total. The van der Waals surface area contributed by atoms with E-state index < -0.39 is 12.2 Å². The predicted octanol–water partition coefficient (Wildman–Crippen LogP) is -1.14. The lowest BCUT2D eigenvalue weighted by Crippen LogP contribution is -2.49. The number of aromatic nitrogens is 3. The lowest BCUT2D eigenvalue weighted by molar-refractivity contribution is -0.134. The van der Waals surface area contributed by atoms with Gasteiger partial charge in [0.25, 0.3) is 0 Å². The molecular weight excluding hydrogens is 256 g/mol. The molecular formula is C10H16N4O3S. The maximum Gasteiger partial charge on any atom is 0.233 e. The van der Waals surface area contributed by atoms with Crippen molar-refractivity contribution in [1.29, 1.82) is 0 Å². The molecule has 1 aromatic heterocycles. The van der Waals surface area contributed by atoms with E-state index in [-0.39, 0.29) is 24.7 Å². The van der Waals surface area contributed by atoms with Gasteiger partial charge in [0.1, 0.15) is 6.33 Å². The van der Waals surface area contributed by atoms with E-state index in [4.69, 9.17) is 0 Å². The smallest absolute Gasteiger partial charge is 0.233 e. The lowest BCUT2D eigenvalue weighted by Gasteiger charge is -2.33. The lowest BCUT2D eigenvalue weighted by atomic mass is 10.1. The van der Waals surface area contributed by atoms with E-state index in [2.05, 4.69) is 10.2 Å². The van der Waals surface area contributed by atoms with Crippen molar-refractivity contribution in [3.63, 3.8) is 0 Å². The molecule has 100 valence electrons. The Hall–Kier alpha value is -1.12. The quantitative estimate of drug-likeness (QED) is 0.676. The fourth-order valence-corrected chi connectivity index (χ4v) is 2.66. The van der Waals surface area contributed by atoms with Crippen molar-refractivity contribution >= 4 is 17.7 Å². The summed E-state index contributed by atoms with van der Waals surface area (Å²) in [5.41, 5.74) is 0. The number of aryl methyl sites for hydroxylation is 1. The van der Waals surface area contributed by atoms with Gasteiger partial charge in [-0.15, -0.1) is 10.2 Å². The minimum absolute atomic E-state index is 0.110. The Morgan fingerprint density at radius 1 is 1.50 bits per heavy atom. The van der Waals surface area contributed by atoms with Crippen LogP contribution in [-0.2, 0) is 11.8 Å². The van der Waals surface area contributed by atoms with E-state index in [0.29, 0.717) is 11.6 Å². The average molecular weight is 272 g/mol. The topological polar surface area (TPSA) is 91.5 Å². The van der Waals surface area contributed by atoms with Crippen molar-refractivity contribution in [2.75, 3.05) is 18.8 Å². The van der Waals surface area contributed by atoms with Gasteiger partial charge in [-0.1, -0.05) is 11.8 Å². The molecule has 18 heavy (non-hydrogen) atoms. The van der Waals surface area contributed by atoms with Gasteiger partial charge in [-0.2, -0.15) is 0 Å². The van der Waals surface area contributed by atoms with Gasteiger partial charge >= 0.3 is 0 Å². The van der Waals surface area contributed by atoms with Crippen LogP contribution in [0.1, 0.15) is 6.42 Å². The van der Waals surface area contributed by atoms with Crippen LogP contribution in [0.25, 0.3) is 0 Å². The number of β-amino-alcohol motifs (C(OH)–C–C–N with tert-alkyl or cyclic N) is 2. The van der Waals surface area contributed by atoms with Crippen LogP contribution in [0.15, 0.2) is 11.5 Å². The molecule has 2 heterocycles. The van der Waals surface area contributed by atoms with Crippen LogP contribution in [0.5, 0.6) is 0 Å². The number of hydrogen-bond donors (Lipinski definition) is 2. The number of aliphatic hydroxyl groups excluding tert-OH is 2. The molecule has 8 heteroatoms. The van der Waals surface area contributed by atoms with Gasteiger partial charge in [-0.3, -0.25) is 4.79 Å². The van der Waals surface area contributed by atoms with Crippen LogP contribution in [0.2, 0.25) is 0 Å². The summed E-state index contributed by atoms with van der Waals surface area (Å²) in [6, 6.07) is 0. The number of nitrogens with zero attached hydrogens (tertiary/aromatic N) is 4. The highest BCUT2D eigenvalue weighted by Crippen LogP contribution is 2.16. The van der Waals surface area contributed by atoms with Crippen LogP contribution in [0.3, 0.4) is 0 Å². The molecule has 2 N–H and O–H groups in total. The van der Waals surface area contributed by atoms with E-state index in [0.717, 1.165) is 0 Å². The summed E-state index contributed by atoms with van der Waals surface area (Å²) in [6.45, 7) is 0.574. The second kappa shape index (κ2) is 5.68. The fourth-order valence-electron chi connectivity index (χ4n) is 1.87. The maximum atomic E-state index is 11.9. The number of thioether (sulfide) groups is 1. The normalized spacial score (nSPS) is 24.3. The summed E-state index contributed by atoms with van der Waals surface area (Å²) in [5.74, 6) is 0.118. The summed E-state index contributed by atoms with van der Waals surface area (Å²) in [4.78, 5) is 13.4. The highest BCUT2D eigenvalue weighted by molar-refractivity contribution is 7.99.